The van der Waals surface area contributed by atoms with Crippen molar-refractivity contribution in [3.05, 3.63) is 0 Å². The number of Topliss-reactive ketones (excluding diaryl/α,β-unsaturated/α-hetero) is 2. The summed E-state index contributed by atoms with van der Waals surface area (Å²) in [4.78, 5) is 21.1. The van der Waals surface area contributed by atoms with Crippen LogP contribution >= 0.6 is 23.2 Å². The minimum absolute atomic E-state index is 0.117. The van der Waals surface area contributed by atoms with E-state index in [4.69, 9.17) is 23.2 Å². The van der Waals surface area contributed by atoms with Crippen LogP contribution in [0.5, 0.6) is 0 Å². The van der Waals surface area contributed by atoms with E-state index in [9.17, 15) is 9.59 Å². The van der Waals surface area contributed by atoms with E-state index in [1.54, 1.807) is 0 Å². The second-order valence-electron chi connectivity index (χ2n) is 2.80. The van der Waals surface area contributed by atoms with Crippen LogP contribution in [0.3, 0.4) is 0 Å². The lowest BCUT2D eigenvalue weighted by Gasteiger charge is -2.09. The summed E-state index contributed by atoms with van der Waals surface area (Å²) in [5, 5.41) is 0. The number of carbonyl (C=O) groups excluding carboxylic acids is 2. The van der Waals surface area contributed by atoms with Crippen LogP contribution in [0.15, 0.2) is 0 Å². The van der Waals surface area contributed by atoms with Gasteiger partial charge in [0.15, 0.2) is 10.6 Å². The first-order chi connectivity index (χ1) is 5.00. The summed E-state index contributed by atoms with van der Waals surface area (Å²) < 4.78 is 0. The highest BCUT2D eigenvalue weighted by Gasteiger charge is 2.55. The van der Waals surface area contributed by atoms with Crippen LogP contribution in [0.1, 0.15) is 19.8 Å². The summed E-state index contributed by atoms with van der Waals surface area (Å²) in [6.45, 7) is 1.40. The zero-order valence-electron chi connectivity index (χ0n) is 6.06. The van der Waals surface area contributed by atoms with E-state index in [0.29, 0.717) is 12.8 Å². The van der Waals surface area contributed by atoms with Gasteiger partial charge >= 0.3 is 0 Å². The average Bonchev–Trinajstić information content (AvgIpc) is 2.65. The molecule has 0 radical (unpaired) electrons. The SMILES string of the molecule is CC(=O)C1(C(=O)C(Cl)Cl)CC1. The monoisotopic (exact) mass is 194 g/mol. The highest BCUT2D eigenvalue weighted by molar-refractivity contribution is 6.55. The first-order valence-corrected chi connectivity index (χ1v) is 4.21. The second-order valence-corrected chi connectivity index (χ2v) is 3.90. The lowest BCUT2D eigenvalue weighted by Crippen LogP contribution is -2.28. The Bertz CT molecular complexity index is 206. The Balaban J connectivity index is 2.74. The topological polar surface area (TPSA) is 34.1 Å². The van der Waals surface area contributed by atoms with Gasteiger partial charge in [-0.2, -0.15) is 0 Å². The van der Waals surface area contributed by atoms with Crippen molar-refractivity contribution < 1.29 is 9.59 Å². The van der Waals surface area contributed by atoms with Crippen LogP contribution in [0, 0.1) is 5.41 Å². The lowest BCUT2D eigenvalue weighted by molar-refractivity contribution is -0.132. The number of hydrogen-bond donors (Lipinski definition) is 0. The van der Waals surface area contributed by atoms with Crippen LogP contribution in [0.4, 0.5) is 0 Å². The Hall–Kier alpha value is -0.0800. The largest absolute Gasteiger partial charge is 0.299 e. The fourth-order valence-corrected chi connectivity index (χ4v) is 1.52. The van der Waals surface area contributed by atoms with Crippen molar-refractivity contribution in [1.29, 1.82) is 0 Å². The number of alkyl halides is 2. The van der Waals surface area contributed by atoms with E-state index in [-0.39, 0.29) is 11.6 Å². The summed E-state index contributed by atoms with van der Waals surface area (Å²) in [5.41, 5.74) is -0.811. The molecule has 1 rings (SSSR count). The van der Waals surface area contributed by atoms with Gasteiger partial charge in [0.05, 0.1) is 5.41 Å². The van der Waals surface area contributed by atoms with E-state index in [2.05, 4.69) is 0 Å². The Morgan fingerprint density at radius 3 is 1.91 bits per heavy atom. The molecule has 0 heterocycles. The van der Waals surface area contributed by atoms with Gasteiger partial charge in [-0.3, -0.25) is 9.59 Å². The minimum atomic E-state index is -1.05. The van der Waals surface area contributed by atoms with Crippen molar-refractivity contribution in [2.24, 2.45) is 5.41 Å². The number of ketones is 2. The third kappa shape index (κ3) is 1.42. The molecule has 0 bridgehead atoms. The van der Waals surface area contributed by atoms with Gasteiger partial charge in [0.1, 0.15) is 5.78 Å². The molecule has 0 N–H and O–H groups in total. The van der Waals surface area contributed by atoms with Crippen molar-refractivity contribution in [1.82, 2.24) is 0 Å². The molecule has 62 valence electrons. The fourth-order valence-electron chi connectivity index (χ4n) is 1.11. The van der Waals surface area contributed by atoms with Crippen molar-refractivity contribution in [3.63, 3.8) is 0 Å². The summed E-state index contributed by atoms with van der Waals surface area (Å²) in [7, 11) is 0. The highest BCUT2D eigenvalue weighted by Crippen LogP contribution is 2.48. The molecule has 1 saturated carbocycles. The molecular formula is C7H8Cl2O2. The number of carbonyl (C=O) groups is 2. The number of hydrogen-bond acceptors (Lipinski definition) is 2. The van der Waals surface area contributed by atoms with Crippen molar-refractivity contribution in [2.45, 2.75) is 24.6 Å². The number of halogens is 2. The summed E-state index contributed by atoms with van der Waals surface area (Å²) >= 11 is 10.7. The van der Waals surface area contributed by atoms with Gasteiger partial charge in [-0.05, 0) is 19.8 Å². The third-order valence-corrected chi connectivity index (χ3v) is 2.49. The molecule has 0 saturated heterocycles. The van der Waals surface area contributed by atoms with Crippen molar-refractivity contribution in [3.8, 4) is 0 Å². The molecule has 4 heteroatoms. The van der Waals surface area contributed by atoms with Crippen molar-refractivity contribution >= 4 is 34.8 Å². The molecule has 2 nitrogen and oxygen atoms in total. The molecule has 0 amide bonds. The van der Waals surface area contributed by atoms with E-state index >= 15 is 0 Å². The van der Waals surface area contributed by atoms with Crippen LogP contribution in [0.25, 0.3) is 0 Å². The first-order valence-electron chi connectivity index (χ1n) is 3.34. The van der Waals surface area contributed by atoms with E-state index in [1.807, 2.05) is 0 Å². The second kappa shape index (κ2) is 2.76. The molecular weight excluding hydrogens is 187 g/mol. The van der Waals surface area contributed by atoms with Crippen LogP contribution in [0.2, 0.25) is 0 Å². The summed E-state index contributed by atoms with van der Waals surface area (Å²) in [5.74, 6) is -0.456. The first kappa shape index (κ1) is 9.01. The van der Waals surface area contributed by atoms with Gasteiger partial charge in [-0.1, -0.05) is 23.2 Å². The van der Waals surface area contributed by atoms with Gasteiger partial charge < -0.3 is 0 Å². The minimum Gasteiger partial charge on any atom is -0.299 e. The van der Waals surface area contributed by atoms with Gasteiger partial charge in [-0.15, -0.1) is 0 Å². The van der Waals surface area contributed by atoms with Gasteiger partial charge in [-0.25, -0.2) is 0 Å². The molecule has 0 aromatic carbocycles. The van der Waals surface area contributed by atoms with E-state index in [1.165, 1.54) is 6.92 Å². The van der Waals surface area contributed by atoms with Gasteiger partial charge in [0, 0.05) is 0 Å². The standard InChI is InChI=1S/C7H8Cl2O2/c1-4(10)7(2-3-7)5(11)6(8)9/h6H,2-3H2,1H3. The predicted octanol–water partition coefficient (Wildman–Crippen LogP) is 1.73. The Morgan fingerprint density at radius 2 is 1.82 bits per heavy atom. The van der Waals surface area contributed by atoms with Crippen LogP contribution < -0.4 is 0 Å². The molecule has 0 aromatic rings. The van der Waals surface area contributed by atoms with Crippen LogP contribution in [-0.4, -0.2) is 16.4 Å². The molecule has 0 aliphatic heterocycles. The maximum Gasteiger partial charge on any atom is 0.179 e. The molecule has 0 aromatic heterocycles. The predicted molar refractivity (Wildman–Crippen MR) is 42.8 cm³/mol. The molecule has 1 fully saturated rings. The molecule has 0 unspecified atom stereocenters. The quantitative estimate of drug-likeness (QED) is 0.507. The molecule has 1 aliphatic carbocycles. The Kier molecular flexibility index (Phi) is 2.26. The third-order valence-electron chi connectivity index (χ3n) is 2.09. The number of rotatable bonds is 3. The van der Waals surface area contributed by atoms with Crippen molar-refractivity contribution in [2.75, 3.05) is 0 Å². The Morgan fingerprint density at radius 1 is 1.36 bits per heavy atom. The maximum absolute atomic E-state index is 11.2. The fraction of sp³-hybridized carbons (Fsp3) is 0.714. The summed E-state index contributed by atoms with van der Waals surface area (Å²) in [6, 6.07) is 0. The Labute approximate surface area is 74.9 Å². The molecule has 0 atom stereocenters. The zero-order valence-corrected chi connectivity index (χ0v) is 7.58. The smallest absolute Gasteiger partial charge is 0.179 e. The maximum atomic E-state index is 11.2. The lowest BCUT2D eigenvalue weighted by atomic mass is 9.98. The average molecular weight is 195 g/mol. The molecule has 1 aliphatic rings. The highest BCUT2D eigenvalue weighted by atomic mass is 35.5. The van der Waals surface area contributed by atoms with Gasteiger partial charge in [0.2, 0.25) is 0 Å². The summed E-state index contributed by atoms with van der Waals surface area (Å²) in [6.07, 6.45) is 1.22. The van der Waals surface area contributed by atoms with Gasteiger partial charge in [0.25, 0.3) is 0 Å². The molecule has 0 spiro atoms. The molecule has 11 heavy (non-hydrogen) atoms. The van der Waals surface area contributed by atoms with E-state index < -0.39 is 10.3 Å². The normalized spacial score (nSPS) is 20.0. The van der Waals surface area contributed by atoms with Crippen LogP contribution in [-0.2, 0) is 9.59 Å². The van der Waals surface area contributed by atoms with E-state index in [0.717, 1.165) is 0 Å². The zero-order chi connectivity index (χ0) is 8.65.